The summed E-state index contributed by atoms with van der Waals surface area (Å²) in [5.74, 6) is 2.28. The predicted molar refractivity (Wildman–Crippen MR) is 78.7 cm³/mol. The largest absolute Gasteiger partial charge is 0.339 e. The Morgan fingerprint density at radius 2 is 1.90 bits per heavy atom. The normalized spacial score (nSPS) is 31.4. The SMILES string of the molecule is CC1(C)CCC(c2noc(C3(C)CCCNC3)n2)CC1. The number of nitrogens with zero attached hydrogens (tertiary/aromatic N) is 2. The summed E-state index contributed by atoms with van der Waals surface area (Å²) in [6, 6.07) is 0. The summed E-state index contributed by atoms with van der Waals surface area (Å²) >= 11 is 0. The number of piperidine rings is 1. The standard InChI is InChI=1S/C16H27N3O/c1-15(2)8-5-12(6-9-15)13-18-14(20-19-13)16(3)7-4-10-17-11-16/h12,17H,4-11H2,1-3H3. The molecule has 1 aromatic heterocycles. The molecule has 4 nitrogen and oxygen atoms in total. The highest BCUT2D eigenvalue weighted by Gasteiger charge is 2.36. The fourth-order valence-corrected chi connectivity index (χ4v) is 3.54. The van der Waals surface area contributed by atoms with Gasteiger partial charge in [0.15, 0.2) is 5.82 Å². The van der Waals surface area contributed by atoms with Crippen LogP contribution in [0.2, 0.25) is 0 Å². The maximum absolute atomic E-state index is 5.61. The quantitative estimate of drug-likeness (QED) is 0.900. The number of nitrogens with one attached hydrogen (secondary N) is 1. The maximum atomic E-state index is 5.61. The zero-order chi connectivity index (χ0) is 14.2. The number of aromatic nitrogens is 2. The zero-order valence-corrected chi connectivity index (χ0v) is 13.0. The minimum absolute atomic E-state index is 0.0252. The third-order valence-corrected chi connectivity index (χ3v) is 5.26. The van der Waals surface area contributed by atoms with Gasteiger partial charge in [-0.2, -0.15) is 4.98 Å². The average molecular weight is 277 g/mol. The van der Waals surface area contributed by atoms with Crippen molar-refractivity contribution in [1.29, 1.82) is 0 Å². The molecule has 0 amide bonds. The summed E-state index contributed by atoms with van der Waals surface area (Å²) in [4.78, 5) is 4.76. The van der Waals surface area contributed by atoms with Gasteiger partial charge in [-0.15, -0.1) is 0 Å². The van der Waals surface area contributed by atoms with Gasteiger partial charge in [0.2, 0.25) is 5.89 Å². The minimum atomic E-state index is 0.0252. The van der Waals surface area contributed by atoms with E-state index in [1.54, 1.807) is 0 Å². The number of hydrogen-bond acceptors (Lipinski definition) is 4. The van der Waals surface area contributed by atoms with Crippen LogP contribution in [-0.2, 0) is 5.41 Å². The fraction of sp³-hybridized carbons (Fsp3) is 0.875. The monoisotopic (exact) mass is 277 g/mol. The Hall–Kier alpha value is -0.900. The Labute approximate surface area is 121 Å². The van der Waals surface area contributed by atoms with Crippen LogP contribution in [0.25, 0.3) is 0 Å². The molecule has 1 aliphatic carbocycles. The molecule has 1 aromatic rings. The van der Waals surface area contributed by atoms with Crippen LogP contribution in [0.1, 0.15) is 76.9 Å². The molecule has 0 bridgehead atoms. The molecule has 2 heterocycles. The molecule has 1 aliphatic heterocycles. The Bertz CT molecular complexity index is 450. The molecule has 0 aromatic carbocycles. The van der Waals surface area contributed by atoms with Gasteiger partial charge in [-0.3, -0.25) is 0 Å². The first-order valence-electron chi connectivity index (χ1n) is 8.03. The first-order valence-corrected chi connectivity index (χ1v) is 8.03. The van der Waals surface area contributed by atoms with Crippen LogP contribution in [0.4, 0.5) is 0 Å². The van der Waals surface area contributed by atoms with Gasteiger partial charge in [-0.25, -0.2) is 0 Å². The van der Waals surface area contributed by atoms with E-state index in [1.807, 2.05) is 0 Å². The van der Waals surface area contributed by atoms with E-state index in [4.69, 9.17) is 9.51 Å². The topological polar surface area (TPSA) is 51.0 Å². The molecule has 1 atom stereocenters. The van der Waals surface area contributed by atoms with Crippen molar-refractivity contribution in [3.63, 3.8) is 0 Å². The molecular weight excluding hydrogens is 250 g/mol. The summed E-state index contributed by atoms with van der Waals surface area (Å²) in [6.07, 6.45) is 7.24. The third kappa shape index (κ3) is 2.76. The van der Waals surface area contributed by atoms with Crippen molar-refractivity contribution in [2.24, 2.45) is 5.41 Å². The second-order valence-electron chi connectivity index (χ2n) is 7.74. The van der Waals surface area contributed by atoms with Crippen LogP contribution < -0.4 is 5.32 Å². The lowest BCUT2D eigenvalue weighted by molar-refractivity contribution is 0.217. The van der Waals surface area contributed by atoms with Gasteiger partial charge in [0.1, 0.15) is 0 Å². The lowest BCUT2D eigenvalue weighted by atomic mass is 9.73. The van der Waals surface area contributed by atoms with Crippen molar-refractivity contribution in [3.8, 4) is 0 Å². The molecule has 1 saturated carbocycles. The molecule has 1 unspecified atom stereocenters. The molecule has 112 valence electrons. The van der Waals surface area contributed by atoms with Crippen molar-refractivity contribution in [2.75, 3.05) is 13.1 Å². The Balaban J connectivity index is 1.71. The molecule has 4 heteroatoms. The Kier molecular flexibility index (Phi) is 3.61. The van der Waals surface area contributed by atoms with Gasteiger partial charge in [-0.1, -0.05) is 19.0 Å². The van der Waals surface area contributed by atoms with Gasteiger partial charge in [0.25, 0.3) is 0 Å². The zero-order valence-electron chi connectivity index (χ0n) is 13.0. The van der Waals surface area contributed by atoms with Crippen LogP contribution in [0, 0.1) is 5.41 Å². The molecule has 20 heavy (non-hydrogen) atoms. The molecule has 0 radical (unpaired) electrons. The first kappa shape index (κ1) is 14.1. The molecule has 0 spiro atoms. The average Bonchev–Trinajstić information content (AvgIpc) is 2.90. The van der Waals surface area contributed by atoms with E-state index in [0.717, 1.165) is 31.2 Å². The maximum Gasteiger partial charge on any atom is 0.233 e. The van der Waals surface area contributed by atoms with E-state index < -0.39 is 0 Å². The molecule has 2 fully saturated rings. The van der Waals surface area contributed by atoms with Crippen molar-refractivity contribution in [1.82, 2.24) is 15.5 Å². The highest BCUT2D eigenvalue weighted by atomic mass is 16.5. The molecule has 1 saturated heterocycles. The summed E-state index contributed by atoms with van der Waals surface area (Å²) in [5, 5.41) is 7.74. The van der Waals surface area contributed by atoms with E-state index in [0.29, 0.717) is 11.3 Å². The second-order valence-corrected chi connectivity index (χ2v) is 7.74. The van der Waals surface area contributed by atoms with Crippen LogP contribution in [0.5, 0.6) is 0 Å². The molecule has 2 aliphatic rings. The lowest BCUT2D eigenvalue weighted by Gasteiger charge is -2.33. The van der Waals surface area contributed by atoms with Crippen molar-refractivity contribution >= 4 is 0 Å². The molecular formula is C16H27N3O. The van der Waals surface area contributed by atoms with Crippen LogP contribution >= 0.6 is 0 Å². The van der Waals surface area contributed by atoms with Crippen LogP contribution in [0.15, 0.2) is 4.52 Å². The summed E-state index contributed by atoms with van der Waals surface area (Å²) in [5.41, 5.74) is 0.514. The Morgan fingerprint density at radius 1 is 1.15 bits per heavy atom. The van der Waals surface area contributed by atoms with E-state index in [2.05, 4.69) is 31.2 Å². The summed E-state index contributed by atoms with van der Waals surface area (Å²) in [6.45, 7) is 9.01. The molecule has 3 rings (SSSR count). The highest BCUT2D eigenvalue weighted by Crippen LogP contribution is 2.42. The van der Waals surface area contributed by atoms with Crippen molar-refractivity contribution < 1.29 is 4.52 Å². The smallest absolute Gasteiger partial charge is 0.233 e. The fourth-order valence-electron chi connectivity index (χ4n) is 3.54. The number of rotatable bonds is 2. The van der Waals surface area contributed by atoms with E-state index >= 15 is 0 Å². The van der Waals surface area contributed by atoms with Crippen molar-refractivity contribution in [2.45, 2.75) is 70.6 Å². The lowest BCUT2D eigenvalue weighted by Crippen LogP contribution is -2.41. The van der Waals surface area contributed by atoms with Gasteiger partial charge < -0.3 is 9.84 Å². The minimum Gasteiger partial charge on any atom is -0.339 e. The Morgan fingerprint density at radius 3 is 2.55 bits per heavy atom. The van der Waals surface area contributed by atoms with E-state index in [1.165, 1.54) is 32.1 Å². The molecule has 1 N–H and O–H groups in total. The third-order valence-electron chi connectivity index (χ3n) is 5.26. The second kappa shape index (κ2) is 5.14. The van der Waals surface area contributed by atoms with Crippen LogP contribution in [-0.4, -0.2) is 23.2 Å². The van der Waals surface area contributed by atoms with Gasteiger partial charge in [0, 0.05) is 12.5 Å². The highest BCUT2D eigenvalue weighted by molar-refractivity contribution is 5.08. The van der Waals surface area contributed by atoms with E-state index in [9.17, 15) is 0 Å². The van der Waals surface area contributed by atoms with Crippen molar-refractivity contribution in [3.05, 3.63) is 11.7 Å². The van der Waals surface area contributed by atoms with Gasteiger partial charge in [0.05, 0.1) is 5.41 Å². The van der Waals surface area contributed by atoms with E-state index in [-0.39, 0.29) is 5.41 Å². The van der Waals surface area contributed by atoms with Gasteiger partial charge in [-0.05, 0) is 57.4 Å². The summed E-state index contributed by atoms with van der Waals surface area (Å²) < 4.78 is 5.61. The van der Waals surface area contributed by atoms with Gasteiger partial charge >= 0.3 is 0 Å². The summed E-state index contributed by atoms with van der Waals surface area (Å²) in [7, 11) is 0. The number of hydrogen-bond donors (Lipinski definition) is 1. The van der Waals surface area contributed by atoms with Crippen LogP contribution in [0.3, 0.4) is 0 Å². The first-order chi connectivity index (χ1) is 9.49. The predicted octanol–water partition coefficient (Wildman–Crippen LogP) is 3.39.